The van der Waals surface area contributed by atoms with E-state index in [0.717, 1.165) is 9.17 Å². The van der Waals surface area contributed by atoms with Gasteiger partial charge in [-0.25, -0.2) is 9.78 Å². The Morgan fingerprint density at radius 1 is 1.68 bits per heavy atom. The molecule has 1 aromatic heterocycles. The van der Waals surface area contributed by atoms with Crippen molar-refractivity contribution in [3.8, 4) is 0 Å². The Morgan fingerprint density at radius 2 is 2.42 bits per heavy atom. The average Bonchev–Trinajstić information content (AvgIpc) is 2.74. The number of amides is 2. The van der Waals surface area contributed by atoms with E-state index in [1.807, 2.05) is 6.92 Å². The Morgan fingerprint density at radius 3 is 3.00 bits per heavy atom. The summed E-state index contributed by atoms with van der Waals surface area (Å²) in [6.45, 7) is 2.26. The molecule has 2 aromatic rings. The summed E-state index contributed by atoms with van der Waals surface area (Å²) in [4.78, 5) is 19.8. The first-order chi connectivity index (χ1) is 9.06. The highest BCUT2D eigenvalue weighted by Gasteiger charge is 2.16. The minimum atomic E-state index is -0.548. The zero-order valence-corrected chi connectivity index (χ0v) is 12.3. The molecule has 0 fully saturated rings. The third-order valence-corrected chi connectivity index (χ3v) is 4.41. The highest BCUT2D eigenvalue weighted by Crippen LogP contribution is 2.37. The normalized spacial score (nSPS) is 10.2. The fourth-order valence-corrected chi connectivity index (χ4v) is 3.28. The molecule has 0 radical (unpaired) electrons. The third kappa shape index (κ3) is 2.62. The summed E-state index contributed by atoms with van der Waals surface area (Å²) < 4.78 is 1.63. The molecular weight excluding hydrogens is 332 g/mol. The van der Waals surface area contributed by atoms with Crippen LogP contribution in [0.2, 0.25) is 0 Å². The number of hydrogen-bond donors (Lipinski definition) is 1. The minimum absolute atomic E-state index is 0.440. The summed E-state index contributed by atoms with van der Waals surface area (Å²) >= 11 is 4.74. The number of aromatic nitrogens is 1. The van der Waals surface area contributed by atoms with Crippen LogP contribution >= 0.6 is 27.3 Å². The van der Waals surface area contributed by atoms with Crippen LogP contribution in [0.3, 0.4) is 0 Å². The molecule has 0 aliphatic heterocycles. The van der Waals surface area contributed by atoms with Gasteiger partial charge in [0.1, 0.15) is 0 Å². The topological polar surface area (TPSA) is 108 Å². The number of rotatable bonds is 3. The van der Waals surface area contributed by atoms with Crippen LogP contribution in [0, 0.1) is 0 Å². The van der Waals surface area contributed by atoms with E-state index < -0.39 is 6.03 Å². The van der Waals surface area contributed by atoms with Crippen LogP contribution in [-0.2, 0) is 0 Å². The van der Waals surface area contributed by atoms with Crippen molar-refractivity contribution in [3.63, 3.8) is 0 Å². The maximum atomic E-state index is 11.3. The quantitative estimate of drug-likeness (QED) is 0.519. The maximum absolute atomic E-state index is 11.3. The molecule has 7 nitrogen and oxygen atoms in total. The number of urea groups is 1. The number of thiazole rings is 1. The minimum Gasteiger partial charge on any atom is -0.351 e. The zero-order valence-electron chi connectivity index (χ0n) is 9.87. The number of carbonyl (C=O) groups excluding carboxylic acids is 1. The van der Waals surface area contributed by atoms with Gasteiger partial charge in [0.2, 0.25) is 0 Å². The average molecular weight is 341 g/mol. The van der Waals surface area contributed by atoms with Crippen LogP contribution in [0.25, 0.3) is 20.7 Å². The number of azide groups is 1. The van der Waals surface area contributed by atoms with Crippen molar-refractivity contribution < 1.29 is 4.79 Å². The molecule has 9 heteroatoms. The first-order valence-corrected chi connectivity index (χ1v) is 6.90. The van der Waals surface area contributed by atoms with Gasteiger partial charge in [-0.15, -0.1) is 0 Å². The zero-order chi connectivity index (χ0) is 14.0. The number of fused-ring (bicyclic) bond motifs is 1. The van der Waals surface area contributed by atoms with Gasteiger partial charge in [-0.1, -0.05) is 16.5 Å². The predicted octanol–water partition coefficient (Wildman–Crippen LogP) is 3.91. The fourth-order valence-electron chi connectivity index (χ4n) is 1.58. The van der Waals surface area contributed by atoms with Gasteiger partial charge < -0.3 is 5.73 Å². The number of halogens is 1. The molecule has 2 rings (SSSR count). The molecule has 0 saturated heterocycles. The lowest BCUT2D eigenvalue weighted by Crippen LogP contribution is -2.35. The van der Waals surface area contributed by atoms with E-state index in [4.69, 9.17) is 11.3 Å². The maximum Gasteiger partial charge on any atom is 0.321 e. The summed E-state index contributed by atoms with van der Waals surface area (Å²) in [6, 6.07) is 2.81. The van der Waals surface area contributed by atoms with Crippen molar-refractivity contribution in [2.75, 3.05) is 11.4 Å². The highest BCUT2D eigenvalue weighted by atomic mass is 79.9. The Labute approximate surface area is 120 Å². The highest BCUT2D eigenvalue weighted by molar-refractivity contribution is 9.10. The van der Waals surface area contributed by atoms with Crippen molar-refractivity contribution in [1.29, 1.82) is 0 Å². The van der Waals surface area contributed by atoms with Crippen molar-refractivity contribution in [3.05, 3.63) is 27.0 Å². The molecule has 2 N–H and O–H groups in total. The van der Waals surface area contributed by atoms with E-state index in [2.05, 4.69) is 30.9 Å². The van der Waals surface area contributed by atoms with Gasteiger partial charge in [0, 0.05) is 21.6 Å². The van der Waals surface area contributed by atoms with Gasteiger partial charge in [-0.2, -0.15) is 0 Å². The van der Waals surface area contributed by atoms with Gasteiger partial charge in [0.25, 0.3) is 0 Å². The summed E-state index contributed by atoms with van der Waals surface area (Å²) in [5.74, 6) is 0. The van der Waals surface area contributed by atoms with E-state index in [9.17, 15) is 4.79 Å². The standard InChI is InChI=1S/C10H9BrN6OS/c1-2-17(9(12)18)10-14-7-4-5(15-16-13)3-6(11)8(7)19-10/h3-4H,2H2,1H3,(H2,12,18). The number of nitrogens with zero attached hydrogens (tertiary/aromatic N) is 5. The Balaban J connectivity index is 2.59. The van der Waals surface area contributed by atoms with Crippen molar-refractivity contribution >= 4 is 54.3 Å². The van der Waals surface area contributed by atoms with E-state index in [-0.39, 0.29) is 0 Å². The van der Waals surface area contributed by atoms with Gasteiger partial charge in [0.05, 0.1) is 10.2 Å². The van der Waals surface area contributed by atoms with E-state index in [1.54, 1.807) is 12.1 Å². The van der Waals surface area contributed by atoms with Crippen molar-refractivity contribution in [1.82, 2.24) is 4.98 Å². The molecule has 0 bridgehead atoms. The molecule has 0 atom stereocenters. The Kier molecular flexibility index (Phi) is 3.89. The van der Waals surface area contributed by atoms with Crippen LogP contribution in [0.15, 0.2) is 21.7 Å². The second-order valence-electron chi connectivity index (χ2n) is 3.54. The van der Waals surface area contributed by atoms with E-state index >= 15 is 0 Å². The Bertz CT molecular complexity index is 693. The molecule has 0 spiro atoms. The molecule has 0 aliphatic rings. The van der Waals surface area contributed by atoms with Crippen molar-refractivity contribution in [2.24, 2.45) is 10.8 Å². The van der Waals surface area contributed by atoms with Gasteiger partial charge in [-0.3, -0.25) is 4.90 Å². The summed E-state index contributed by atoms with van der Waals surface area (Å²) in [5, 5.41) is 4.05. The molecule has 2 amide bonds. The molecule has 0 saturated carbocycles. The third-order valence-electron chi connectivity index (χ3n) is 2.39. The van der Waals surface area contributed by atoms with Gasteiger partial charge in [0.15, 0.2) is 5.13 Å². The largest absolute Gasteiger partial charge is 0.351 e. The lowest BCUT2D eigenvalue weighted by molar-refractivity contribution is 0.254. The number of carbonyl (C=O) groups is 1. The first-order valence-electron chi connectivity index (χ1n) is 5.29. The van der Waals surface area contributed by atoms with Crippen LogP contribution in [0.1, 0.15) is 6.92 Å². The van der Waals surface area contributed by atoms with Crippen LogP contribution in [0.5, 0.6) is 0 Å². The van der Waals surface area contributed by atoms with Crippen LogP contribution in [-0.4, -0.2) is 17.6 Å². The van der Waals surface area contributed by atoms with E-state index in [1.165, 1.54) is 16.2 Å². The number of primary amides is 1. The molecule has 19 heavy (non-hydrogen) atoms. The second kappa shape index (κ2) is 5.43. The van der Waals surface area contributed by atoms with Crippen molar-refractivity contribution in [2.45, 2.75) is 6.92 Å². The molecule has 0 aliphatic carbocycles. The fraction of sp³-hybridized carbons (Fsp3) is 0.200. The smallest absolute Gasteiger partial charge is 0.321 e. The second-order valence-corrected chi connectivity index (χ2v) is 5.38. The lowest BCUT2D eigenvalue weighted by atomic mass is 10.3. The van der Waals surface area contributed by atoms with Crippen LogP contribution in [0.4, 0.5) is 15.6 Å². The Hall–Kier alpha value is -1.83. The SMILES string of the molecule is CCN(C(N)=O)c1nc2cc(N=[N+]=[N-])cc(Br)c2s1. The molecular formula is C10H9BrN6OS. The number of benzene rings is 1. The van der Waals surface area contributed by atoms with Gasteiger partial charge >= 0.3 is 6.03 Å². The number of hydrogen-bond acceptors (Lipinski definition) is 4. The summed E-state index contributed by atoms with van der Waals surface area (Å²) in [6.07, 6.45) is 0. The number of nitrogens with two attached hydrogens (primary N) is 1. The number of anilines is 1. The molecule has 1 heterocycles. The summed E-state index contributed by atoms with van der Waals surface area (Å²) in [5.41, 5.74) is 14.8. The first kappa shape index (κ1) is 13.6. The monoisotopic (exact) mass is 340 g/mol. The lowest BCUT2D eigenvalue weighted by Gasteiger charge is -2.13. The molecule has 1 aromatic carbocycles. The molecule has 98 valence electrons. The summed E-state index contributed by atoms with van der Waals surface area (Å²) in [7, 11) is 0. The van der Waals surface area contributed by atoms with Gasteiger partial charge in [-0.05, 0) is 40.5 Å². The molecule has 0 unspecified atom stereocenters. The predicted molar refractivity (Wildman–Crippen MR) is 78.7 cm³/mol. The van der Waals surface area contributed by atoms with Crippen LogP contribution < -0.4 is 10.6 Å². The van der Waals surface area contributed by atoms with E-state index in [0.29, 0.717) is 22.9 Å².